The third kappa shape index (κ3) is 4.58. The molecule has 0 bridgehead atoms. The molecule has 0 aliphatic heterocycles. The Labute approximate surface area is 186 Å². The van der Waals surface area contributed by atoms with Gasteiger partial charge >= 0.3 is 5.69 Å². The molecule has 0 saturated carbocycles. The zero-order valence-corrected chi connectivity index (χ0v) is 19.0. The zero-order valence-electron chi connectivity index (χ0n) is 17.5. The minimum Gasteiger partial charge on any atom is -0.493 e. The first-order valence-electron chi connectivity index (χ1n) is 9.52. The molecule has 2 aromatic carbocycles. The number of nitro benzene ring substituents is 1. The minimum atomic E-state index is -0.550. The maximum absolute atomic E-state index is 13.1. The Bertz CT molecular complexity index is 1240. The molecule has 162 valence electrons. The maximum Gasteiger partial charge on any atom is 0.315 e. The number of aromatic nitrogens is 2. The third-order valence-electron chi connectivity index (χ3n) is 4.43. The average molecular weight is 489 g/mol. The maximum atomic E-state index is 13.1. The van der Waals surface area contributed by atoms with Crippen molar-refractivity contribution in [3.63, 3.8) is 0 Å². The molecular formula is C21H21BrN4O5. The van der Waals surface area contributed by atoms with Gasteiger partial charge in [-0.2, -0.15) is 9.78 Å². The summed E-state index contributed by atoms with van der Waals surface area (Å²) in [6.45, 7) is 5.78. The molecular weight excluding hydrogens is 468 g/mol. The average Bonchev–Trinajstić information content (AvgIpc) is 2.73. The first-order valence-corrected chi connectivity index (χ1v) is 10.3. The number of benzene rings is 2. The second kappa shape index (κ2) is 9.25. The second-order valence-electron chi connectivity index (χ2n) is 6.91. The lowest BCUT2D eigenvalue weighted by Gasteiger charge is -2.12. The number of ether oxygens (including phenoxy) is 2. The van der Waals surface area contributed by atoms with Gasteiger partial charge in [-0.3, -0.25) is 14.9 Å². The highest BCUT2D eigenvalue weighted by Gasteiger charge is 2.22. The number of methoxy groups -OCH3 is 1. The fraction of sp³-hybridized carbons (Fsp3) is 0.286. The molecule has 0 N–H and O–H groups in total. The topological polar surface area (TPSA) is 109 Å². The molecule has 3 rings (SSSR count). The Morgan fingerprint density at radius 3 is 2.68 bits per heavy atom. The first kappa shape index (κ1) is 22.4. The number of hydrogen-bond donors (Lipinski definition) is 0. The van der Waals surface area contributed by atoms with E-state index in [1.807, 2.05) is 19.9 Å². The fourth-order valence-electron chi connectivity index (χ4n) is 3.04. The summed E-state index contributed by atoms with van der Waals surface area (Å²) in [4.78, 5) is 28.7. The summed E-state index contributed by atoms with van der Waals surface area (Å²) in [6, 6.07) is 8.15. The Morgan fingerprint density at radius 2 is 2.06 bits per heavy atom. The van der Waals surface area contributed by atoms with Crippen molar-refractivity contribution in [3.8, 4) is 11.5 Å². The molecule has 0 unspecified atom stereocenters. The third-order valence-corrected chi connectivity index (χ3v) is 4.93. The van der Waals surface area contributed by atoms with Crippen molar-refractivity contribution >= 4 is 38.7 Å². The summed E-state index contributed by atoms with van der Waals surface area (Å²) < 4.78 is 12.6. The first-order chi connectivity index (χ1) is 14.8. The number of hydrogen-bond acceptors (Lipinski definition) is 7. The molecule has 0 saturated heterocycles. The van der Waals surface area contributed by atoms with Crippen LogP contribution in [0.2, 0.25) is 0 Å². The van der Waals surface area contributed by atoms with Gasteiger partial charge in [-0.1, -0.05) is 29.8 Å². The molecule has 0 aliphatic rings. The predicted octanol–water partition coefficient (Wildman–Crippen LogP) is 4.48. The Morgan fingerprint density at radius 1 is 1.32 bits per heavy atom. The van der Waals surface area contributed by atoms with E-state index in [0.29, 0.717) is 22.3 Å². The van der Waals surface area contributed by atoms with E-state index in [1.54, 1.807) is 25.1 Å². The van der Waals surface area contributed by atoms with E-state index in [2.05, 4.69) is 26.0 Å². The molecule has 1 heterocycles. The number of rotatable bonds is 7. The summed E-state index contributed by atoms with van der Waals surface area (Å²) in [5.74, 6) is 0.643. The molecule has 1 aromatic heterocycles. The van der Waals surface area contributed by atoms with Crippen LogP contribution in [0.15, 0.2) is 44.7 Å². The van der Waals surface area contributed by atoms with Gasteiger partial charge in [-0.05, 0) is 31.2 Å². The highest BCUT2D eigenvalue weighted by molar-refractivity contribution is 9.10. The molecule has 0 spiro atoms. The second-order valence-corrected chi connectivity index (χ2v) is 7.82. The van der Waals surface area contributed by atoms with Gasteiger partial charge in [-0.15, -0.1) is 0 Å². The van der Waals surface area contributed by atoms with E-state index in [4.69, 9.17) is 9.47 Å². The van der Waals surface area contributed by atoms with E-state index in [1.165, 1.54) is 24.1 Å². The van der Waals surface area contributed by atoms with Crippen molar-refractivity contribution in [1.82, 2.24) is 9.66 Å². The van der Waals surface area contributed by atoms with Crippen LogP contribution in [0.3, 0.4) is 0 Å². The van der Waals surface area contributed by atoms with Crippen LogP contribution in [-0.2, 0) is 0 Å². The van der Waals surface area contributed by atoms with Crippen molar-refractivity contribution in [2.75, 3.05) is 13.7 Å². The van der Waals surface area contributed by atoms with Crippen LogP contribution in [-0.4, -0.2) is 34.5 Å². The van der Waals surface area contributed by atoms with Crippen molar-refractivity contribution < 1.29 is 14.4 Å². The van der Waals surface area contributed by atoms with Gasteiger partial charge in [-0.25, -0.2) is 4.98 Å². The van der Waals surface area contributed by atoms with Gasteiger partial charge in [0, 0.05) is 22.0 Å². The standard InChI is InChI=1S/C21H21BrN4O5/c1-5-31-19-17(26(28)29)8-13(9-18(19)30-4)11-23-25-20(12(2)3)24-16-7-6-14(22)10-15(16)21(25)27/h6-12H,5H2,1-4H3. The number of fused-ring (bicyclic) bond motifs is 1. The predicted molar refractivity (Wildman–Crippen MR) is 122 cm³/mol. The summed E-state index contributed by atoms with van der Waals surface area (Å²) in [7, 11) is 1.40. The van der Waals surface area contributed by atoms with E-state index in [9.17, 15) is 14.9 Å². The van der Waals surface area contributed by atoms with Crippen molar-refractivity contribution in [2.45, 2.75) is 26.7 Å². The van der Waals surface area contributed by atoms with Gasteiger partial charge in [0.2, 0.25) is 5.75 Å². The number of nitro groups is 1. The largest absolute Gasteiger partial charge is 0.493 e. The smallest absolute Gasteiger partial charge is 0.315 e. The van der Waals surface area contributed by atoms with E-state index in [-0.39, 0.29) is 35.3 Å². The number of halogens is 1. The van der Waals surface area contributed by atoms with Crippen LogP contribution in [0.25, 0.3) is 10.9 Å². The highest BCUT2D eigenvalue weighted by atomic mass is 79.9. The van der Waals surface area contributed by atoms with Gasteiger partial charge in [0.15, 0.2) is 5.75 Å². The quantitative estimate of drug-likeness (QED) is 0.275. The molecule has 0 atom stereocenters. The van der Waals surface area contributed by atoms with Gasteiger partial charge in [0.25, 0.3) is 5.56 Å². The summed E-state index contributed by atoms with van der Waals surface area (Å²) in [5.41, 5.74) is 0.364. The van der Waals surface area contributed by atoms with Crippen LogP contribution in [0.4, 0.5) is 5.69 Å². The van der Waals surface area contributed by atoms with Gasteiger partial charge in [0.1, 0.15) is 5.82 Å². The SMILES string of the molecule is CCOc1c(OC)cc(C=Nn2c(C(C)C)nc3ccc(Br)cc3c2=O)cc1[N+](=O)[O-]. The summed E-state index contributed by atoms with van der Waals surface area (Å²) in [5, 5.41) is 16.2. The van der Waals surface area contributed by atoms with E-state index >= 15 is 0 Å². The molecule has 10 heteroatoms. The van der Waals surface area contributed by atoms with Crippen molar-refractivity contribution in [3.05, 3.63) is 66.7 Å². The number of nitrogens with zero attached hydrogens (tertiary/aromatic N) is 4. The lowest BCUT2D eigenvalue weighted by atomic mass is 10.1. The molecule has 0 aliphatic carbocycles. The summed E-state index contributed by atoms with van der Waals surface area (Å²) in [6.07, 6.45) is 1.37. The van der Waals surface area contributed by atoms with E-state index < -0.39 is 4.92 Å². The van der Waals surface area contributed by atoms with Crippen LogP contribution >= 0.6 is 15.9 Å². The van der Waals surface area contributed by atoms with Gasteiger partial charge < -0.3 is 9.47 Å². The normalized spacial score (nSPS) is 11.4. The lowest BCUT2D eigenvalue weighted by molar-refractivity contribution is -0.385. The Balaban J connectivity index is 2.18. The molecule has 31 heavy (non-hydrogen) atoms. The molecule has 9 nitrogen and oxygen atoms in total. The molecule has 3 aromatic rings. The fourth-order valence-corrected chi connectivity index (χ4v) is 3.40. The summed E-state index contributed by atoms with van der Waals surface area (Å²) >= 11 is 3.37. The van der Waals surface area contributed by atoms with Crippen molar-refractivity contribution in [2.24, 2.45) is 5.10 Å². The van der Waals surface area contributed by atoms with E-state index in [0.717, 1.165) is 4.47 Å². The minimum absolute atomic E-state index is 0.0457. The van der Waals surface area contributed by atoms with Crippen LogP contribution in [0.5, 0.6) is 11.5 Å². The lowest BCUT2D eigenvalue weighted by Crippen LogP contribution is -2.23. The van der Waals surface area contributed by atoms with Crippen LogP contribution in [0, 0.1) is 10.1 Å². The Kier molecular flexibility index (Phi) is 6.69. The van der Waals surface area contributed by atoms with Gasteiger partial charge in [0.05, 0.1) is 35.8 Å². The molecule has 0 fully saturated rings. The Hall–Kier alpha value is -3.27. The highest BCUT2D eigenvalue weighted by Crippen LogP contribution is 2.38. The van der Waals surface area contributed by atoms with Crippen LogP contribution < -0.4 is 15.0 Å². The molecule has 0 radical (unpaired) electrons. The van der Waals surface area contributed by atoms with Crippen LogP contribution in [0.1, 0.15) is 38.1 Å². The molecule has 0 amide bonds. The zero-order chi connectivity index (χ0) is 22.7. The monoisotopic (exact) mass is 488 g/mol. The van der Waals surface area contributed by atoms with Crippen molar-refractivity contribution in [1.29, 1.82) is 0 Å².